The summed E-state index contributed by atoms with van der Waals surface area (Å²) in [5.41, 5.74) is 3.17. The van der Waals surface area contributed by atoms with Crippen LogP contribution in [0, 0.1) is 0 Å². The Kier molecular flexibility index (Phi) is 5.38. The Morgan fingerprint density at radius 2 is 2.00 bits per heavy atom. The zero-order chi connectivity index (χ0) is 11.1. The Bertz CT molecular complexity index is 271. The van der Waals surface area contributed by atoms with E-state index in [1.807, 2.05) is 6.08 Å². The Morgan fingerprint density at radius 1 is 1.33 bits per heavy atom. The summed E-state index contributed by atoms with van der Waals surface area (Å²) >= 11 is 0. The molecule has 1 aliphatic rings. The van der Waals surface area contributed by atoms with E-state index in [9.17, 15) is 4.39 Å². The Labute approximate surface area is 92.6 Å². The molecule has 84 valence electrons. The number of hydrogen-bond acceptors (Lipinski definition) is 0. The standard InChI is InChI=1S/C14H21F/c1-3-7-13-9-4-5-10-14(13)11-6-8-12(2)15/h6,8H,2-5,7,9-11H2,1H3/b8-6-. The molecule has 0 fully saturated rings. The molecule has 0 amide bonds. The van der Waals surface area contributed by atoms with Gasteiger partial charge >= 0.3 is 0 Å². The second-order valence-corrected chi connectivity index (χ2v) is 4.22. The van der Waals surface area contributed by atoms with Crippen LogP contribution in [-0.4, -0.2) is 0 Å². The van der Waals surface area contributed by atoms with E-state index < -0.39 is 0 Å². The van der Waals surface area contributed by atoms with Crippen LogP contribution in [0.2, 0.25) is 0 Å². The molecule has 0 saturated carbocycles. The van der Waals surface area contributed by atoms with Crippen molar-refractivity contribution in [3.8, 4) is 0 Å². The van der Waals surface area contributed by atoms with Crippen LogP contribution in [0.25, 0.3) is 0 Å². The van der Waals surface area contributed by atoms with Crippen LogP contribution in [0.1, 0.15) is 51.9 Å². The Hall–Kier alpha value is -0.850. The van der Waals surface area contributed by atoms with Gasteiger partial charge < -0.3 is 0 Å². The molecule has 0 radical (unpaired) electrons. The fourth-order valence-electron chi connectivity index (χ4n) is 2.21. The van der Waals surface area contributed by atoms with Crippen molar-refractivity contribution in [1.29, 1.82) is 0 Å². The third-order valence-corrected chi connectivity index (χ3v) is 2.92. The van der Waals surface area contributed by atoms with Crippen LogP contribution in [0.5, 0.6) is 0 Å². The quantitative estimate of drug-likeness (QED) is 0.436. The molecule has 0 nitrogen and oxygen atoms in total. The van der Waals surface area contributed by atoms with E-state index in [1.54, 1.807) is 11.1 Å². The molecule has 0 heterocycles. The van der Waals surface area contributed by atoms with Crippen molar-refractivity contribution in [3.05, 3.63) is 35.7 Å². The minimum atomic E-state index is -0.344. The van der Waals surface area contributed by atoms with Crippen LogP contribution in [0.15, 0.2) is 35.7 Å². The molecule has 0 aromatic rings. The van der Waals surface area contributed by atoms with E-state index in [2.05, 4.69) is 13.5 Å². The van der Waals surface area contributed by atoms with Gasteiger partial charge in [0.25, 0.3) is 0 Å². The Balaban J connectivity index is 2.57. The van der Waals surface area contributed by atoms with Gasteiger partial charge in [-0.05, 0) is 44.6 Å². The fourth-order valence-corrected chi connectivity index (χ4v) is 2.21. The molecule has 0 atom stereocenters. The molecular weight excluding hydrogens is 187 g/mol. The normalized spacial score (nSPS) is 17.5. The number of allylic oxidation sites excluding steroid dienone is 5. The van der Waals surface area contributed by atoms with E-state index in [1.165, 1.54) is 44.6 Å². The first kappa shape index (κ1) is 12.2. The lowest BCUT2D eigenvalue weighted by Gasteiger charge is -2.19. The maximum absolute atomic E-state index is 12.4. The molecule has 1 rings (SSSR count). The van der Waals surface area contributed by atoms with Crippen molar-refractivity contribution in [2.75, 3.05) is 0 Å². The monoisotopic (exact) mass is 208 g/mol. The summed E-state index contributed by atoms with van der Waals surface area (Å²) in [5.74, 6) is -0.344. The highest BCUT2D eigenvalue weighted by atomic mass is 19.1. The van der Waals surface area contributed by atoms with Gasteiger partial charge in [0.2, 0.25) is 0 Å². The van der Waals surface area contributed by atoms with Crippen molar-refractivity contribution in [2.45, 2.75) is 51.9 Å². The summed E-state index contributed by atoms with van der Waals surface area (Å²) < 4.78 is 12.4. The topological polar surface area (TPSA) is 0 Å². The summed E-state index contributed by atoms with van der Waals surface area (Å²) in [4.78, 5) is 0. The lowest BCUT2D eigenvalue weighted by atomic mass is 9.87. The molecule has 15 heavy (non-hydrogen) atoms. The van der Waals surface area contributed by atoms with Gasteiger partial charge in [-0.1, -0.05) is 37.1 Å². The average Bonchev–Trinajstić information content (AvgIpc) is 2.20. The summed E-state index contributed by atoms with van der Waals surface area (Å²) in [7, 11) is 0. The van der Waals surface area contributed by atoms with Crippen molar-refractivity contribution in [3.63, 3.8) is 0 Å². The van der Waals surface area contributed by atoms with Crippen molar-refractivity contribution in [2.24, 2.45) is 0 Å². The minimum Gasteiger partial charge on any atom is -0.208 e. The SMILES string of the molecule is C=C(F)/C=C\CC1=C(CCC)CCCC1. The van der Waals surface area contributed by atoms with Crippen molar-refractivity contribution < 1.29 is 4.39 Å². The van der Waals surface area contributed by atoms with E-state index >= 15 is 0 Å². The molecule has 0 aromatic carbocycles. The van der Waals surface area contributed by atoms with Gasteiger partial charge in [0.05, 0.1) is 0 Å². The molecule has 0 bridgehead atoms. The van der Waals surface area contributed by atoms with Gasteiger partial charge in [0.1, 0.15) is 5.83 Å². The molecule has 1 aliphatic carbocycles. The second kappa shape index (κ2) is 6.60. The highest BCUT2D eigenvalue weighted by Crippen LogP contribution is 2.30. The molecule has 0 aliphatic heterocycles. The largest absolute Gasteiger partial charge is 0.208 e. The molecule has 0 aromatic heterocycles. The minimum absolute atomic E-state index is 0.344. The summed E-state index contributed by atoms with van der Waals surface area (Å²) in [5, 5.41) is 0. The predicted molar refractivity (Wildman–Crippen MR) is 64.4 cm³/mol. The zero-order valence-electron chi connectivity index (χ0n) is 9.69. The van der Waals surface area contributed by atoms with Crippen LogP contribution in [0.4, 0.5) is 4.39 Å². The van der Waals surface area contributed by atoms with E-state index in [0.717, 1.165) is 6.42 Å². The first-order chi connectivity index (χ1) is 7.24. The molecule has 1 heteroatoms. The highest BCUT2D eigenvalue weighted by molar-refractivity contribution is 5.21. The summed E-state index contributed by atoms with van der Waals surface area (Å²) in [6, 6.07) is 0. The predicted octanol–water partition coefficient (Wildman–Crippen LogP) is 5.09. The maximum Gasteiger partial charge on any atom is 0.115 e. The summed E-state index contributed by atoms with van der Waals surface area (Å²) in [6.07, 6.45) is 11.8. The van der Waals surface area contributed by atoms with Gasteiger partial charge in [0, 0.05) is 0 Å². The number of rotatable bonds is 5. The third kappa shape index (κ3) is 4.46. The first-order valence-electron chi connectivity index (χ1n) is 5.94. The summed E-state index contributed by atoms with van der Waals surface area (Å²) in [6.45, 7) is 5.44. The van der Waals surface area contributed by atoms with Crippen molar-refractivity contribution >= 4 is 0 Å². The molecule has 0 unspecified atom stereocenters. The second-order valence-electron chi connectivity index (χ2n) is 4.22. The number of hydrogen-bond donors (Lipinski definition) is 0. The van der Waals surface area contributed by atoms with E-state index in [-0.39, 0.29) is 5.83 Å². The molecule has 0 spiro atoms. The first-order valence-corrected chi connectivity index (χ1v) is 5.94. The van der Waals surface area contributed by atoms with Crippen LogP contribution in [-0.2, 0) is 0 Å². The average molecular weight is 208 g/mol. The fraction of sp³-hybridized carbons (Fsp3) is 0.571. The molecular formula is C14H21F. The maximum atomic E-state index is 12.4. The van der Waals surface area contributed by atoms with Gasteiger partial charge in [-0.15, -0.1) is 0 Å². The van der Waals surface area contributed by atoms with E-state index in [4.69, 9.17) is 0 Å². The number of halogens is 1. The lowest BCUT2D eigenvalue weighted by Crippen LogP contribution is -1.99. The van der Waals surface area contributed by atoms with Crippen LogP contribution >= 0.6 is 0 Å². The van der Waals surface area contributed by atoms with Gasteiger partial charge in [-0.25, -0.2) is 4.39 Å². The smallest absolute Gasteiger partial charge is 0.115 e. The van der Waals surface area contributed by atoms with Gasteiger partial charge in [-0.3, -0.25) is 0 Å². The molecule has 0 N–H and O–H groups in total. The van der Waals surface area contributed by atoms with Gasteiger partial charge in [-0.2, -0.15) is 0 Å². The van der Waals surface area contributed by atoms with Crippen LogP contribution in [0.3, 0.4) is 0 Å². The lowest BCUT2D eigenvalue weighted by molar-refractivity contribution is 0.633. The third-order valence-electron chi connectivity index (χ3n) is 2.92. The zero-order valence-corrected chi connectivity index (χ0v) is 9.69. The van der Waals surface area contributed by atoms with Crippen LogP contribution < -0.4 is 0 Å². The molecule has 0 saturated heterocycles. The van der Waals surface area contributed by atoms with Crippen molar-refractivity contribution in [1.82, 2.24) is 0 Å². The highest BCUT2D eigenvalue weighted by Gasteiger charge is 2.10. The van der Waals surface area contributed by atoms with E-state index in [0.29, 0.717) is 0 Å². The van der Waals surface area contributed by atoms with Gasteiger partial charge in [0.15, 0.2) is 0 Å². The Morgan fingerprint density at radius 3 is 2.60 bits per heavy atom.